The van der Waals surface area contributed by atoms with Gasteiger partial charge in [0.1, 0.15) is 36.9 Å². The highest BCUT2D eigenvalue weighted by molar-refractivity contribution is 6.01. The van der Waals surface area contributed by atoms with Crippen LogP contribution < -0.4 is 9.47 Å². The van der Waals surface area contributed by atoms with E-state index in [2.05, 4.69) is 24.3 Å². The molecule has 0 amide bonds. The van der Waals surface area contributed by atoms with Crippen molar-refractivity contribution in [2.45, 2.75) is 25.0 Å². The Labute approximate surface area is 168 Å². The van der Waals surface area contributed by atoms with Gasteiger partial charge in [0, 0.05) is 16.5 Å². The molecule has 0 bridgehead atoms. The summed E-state index contributed by atoms with van der Waals surface area (Å²) in [6, 6.07) is 8.35. The number of rotatable bonds is 6. The Morgan fingerprint density at radius 3 is 1.86 bits per heavy atom. The Kier molecular flexibility index (Phi) is 3.83. The van der Waals surface area contributed by atoms with Crippen LogP contribution in [0.25, 0.3) is 10.8 Å². The molecule has 0 radical (unpaired) electrons. The lowest BCUT2D eigenvalue weighted by atomic mass is 9.68. The third-order valence-electron chi connectivity index (χ3n) is 6.14. The number of ether oxygens (including phenoxy) is 4. The molecule has 2 unspecified atom stereocenters. The summed E-state index contributed by atoms with van der Waals surface area (Å²) in [6.45, 7) is 2.68. The van der Waals surface area contributed by atoms with Crippen molar-refractivity contribution in [3.63, 3.8) is 0 Å². The van der Waals surface area contributed by atoms with Crippen molar-refractivity contribution in [2.24, 2.45) is 5.41 Å². The first-order valence-electron chi connectivity index (χ1n) is 10.2. The molecule has 2 atom stereocenters. The zero-order chi connectivity index (χ0) is 19.4. The van der Waals surface area contributed by atoms with E-state index in [0.29, 0.717) is 13.2 Å². The maximum atomic E-state index is 11.8. The standard InChI is InChI=1S/C24H22O5/c25-16-5-7-24(8-6-16)9-19-21(28-13-17-11-26-17)3-1-15-2-4-22(20(10-24)23(15)19)29-14-18-12-27-18/h1-8,17-18H,9-14H2. The molecule has 148 valence electrons. The number of epoxide rings is 2. The molecule has 6 rings (SSSR count). The van der Waals surface area contributed by atoms with E-state index in [1.165, 1.54) is 21.9 Å². The second-order valence-corrected chi connectivity index (χ2v) is 8.37. The lowest BCUT2D eigenvalue weighted by Crippen LogP contribution is -2.29. The van der Waals surface area contributed by atoms with E-state index in [0.717, 1.165) is 37.6 Å². The van der Waals surface area contributed by atoms with Gasteiger partial charge in [0.05, 0.1) is 13.2 Å². The average molecular weight is 390 g/mol. The fraction of sp³-hybridized carbons (Fsp3) is 0.375. The van der Waals surface area contributed by atoms with Crippen molar-refractivity contribution in [2.75, 3.05) is 26.4 Å². The number of ketones is 1. The summed E-state index contributed by atoms with van der Waals surface area (Å²) in [5, 5.41) is 2.41. The summed E-state index contributed by atoms with van der Waals surface area (Å²) < 4.78 is 22.9. The van der Waals surface area contributed by atoms with Gasteiger partial charge in [-0.3, -0.25) is 4.79 Å². The normalized spacial score (nSPS) is 25.4. The van der Waals surface area contributed by atoms with E-state index in [4.69, 9.17) is 18.9 Å². The van der Waals surface area contributed by atoms with Crippen molar-refractivity contribution >= 4 is 16.6 Å². The van der Waals surface area contributed by atoms with E-state index in [1.807, 2.05) is 12.2 Å². The molecule has 5 heteroatoms. The molecule has 1 spiro atoms. The zero-order valence-electron chi connectivity index (χ0n) is 16.1. The van der Waals surface area contributed by atoms with E-state index in [1.54, 1.807) is 12.2 Å². The number of allylic oxidation sites excluding steroid dienone is 4. The molecule has 5 nitrogen and oxygen atoms in total. The first-order chi connectivity index (χ1) is 14.2. The van der Waals surface area contributed by atoms with Crippen LogP contribution in [0, 0.1) is 5.41 Å². The molecule has 2 heterocycles. The van der Waals surface area contributed by atoms with Crippen LogP contribution in [0.5, 0.6) is 11.5 Å². The highest BCUT2D eigenvalue weighted by Crippen LogP contribution is 2.48. The molecular weight excluding hydrogens is 368 g/mol. The van der Waals surface area contributed by atoms with Crippen LogP contribution in [0.15, 0.2) is 48.6 Å². The predicted molar refractivity (Wildman–Crippen MR) is 108 cm³/mol. The van der Waals surface area contributed by atoms with E-state index < -0.39 is 0 Å². The van der Waals surface area contributed by atoms with Crippen LogP contribution in [-0.4, -0.2) is 44.4 Å². The maximum absolute atomic E-state index is 11.8. The third-order valence-corrected chi connectivity index (χ3v) is 6.14. The summed E-state index contributed by atoms with van der Waals surface area (Å²) in [6.07, 6.45) is 9.47. The largest absolute Gasteiger partial charge is 0.490 e. The van der Waals surface area contributed by atoms with Crippen LogP contribution in [0.1, 0.15) is 11.1 Å². The SMILES string of the molecule is O=C1C=CC2(C=C1)Cc1c(OCC3CO3)ccc3ccc(OCC4CO4)c(c13)C2. The number of benzene rings is 2. The summed E-state index contributed by atoms with van der Waals surface area (Å²) in [4.78, 5) is 11.8. The fourth-order valence-electron chi connectivity index (χ4n) is 4.41. The number of hydrogen-bond donors (Lipinski definition) is 0. The molecule has 2 aromatic rings. The van der Waals surface area contributed by atoms with Gasteiger partial charge in [0.2, 0.25) is 0 Å². The molecule has 2 aliphatic carbocycles. The van der Waals surface area contributed by atoms with Gasteiger partial charge >= 0.3 is 0 Å². The van der Waals surface area contributed by atoms with Gasteiger partial charge in [0.25, 0.3) is 0 Å². The van der Waals surface area contributed by atoms with Gasteiger partial charge in [-0.15, -0.1) is 0 Å². The van der Waals surface area contributed by atoms with E-state index >= 15 is 0 Å². The van der Waals surface area contributed by atoms with Crippen LogP contribution in [0.3, 0.4) is 0 Å². The summed E-state index contributed by atoms with van der Waals surface area (Å²) in [5.74, 6) is 1.84. The highest BCUT2D eigenvalue weighted by atomic mass is 16.6. The monoisotopic (exact) mass is 390 g/mol. The first-order valence-corrected chi connectivity index (χ1v) is 10.2. The predicted octanol–water partition coefficient (Wildman–Crippen LogP) is 3.18. The summed E-state index contributed by atoms with van der Waals surface area (Å²) in [7, 11) is 0. The van der Waals surface area contributed by atoms with Gasteiger partial charge in [-0.2, -0.15) is 0 Å². The Morgan fingerprint density at radius 2 is 1.38 bits per heavy atom. The number of carbonyl (C=O) groups excluding carboxylic acids is 1. The molecule has 2 saturated heterocycles. The van der Waals surface area contributed by atoms with Crippen molar-refractivity contribution in [3.8, 4) is 11.5 Å². The van der Waals surface area contributed by atoms with Crippen LogP contribution >= 0.6 is 0 Å². The van der Waals surface area contributed by atoms with Gasteiger partial charge in [0.15, 0.2) is 5.78 Å². The molecule has 2 aliphatic heterocycles. The van der Waals surface area contributed by atoms with Crippen LogP contribution in [-0.2, 0) is 27.1 Å². The Morgan fingerprint density at radius 1 is 0.862 bits per heavy atom. The molecule has 0 saturated carbocycles. The minimum Gasteiger partial charge on any atom is -0.490 e. The van der Waals surface area contributed by atoms with Gasteiger partial charge < -0.3 is 18.9 Å². The number of carbonyl (C=O) groups is 1. The van der Waals surface area contributed by atoms with Crippen molar-refractivity contribution in [3.05, 3.63) is 59.7 Å². The smallest absolute Gasteiger partial charge is 0.178 e. The summed E-state index contributed by atoms with van der Waals surface area (Å²) in [5.41, 5.74) is 2.13. The Bertz CT molecular complexity index is 980. The van der Waals surface area contributed by atoms with Gasteiger partial charge in [-0.1, -0.05) is 24.3 Å². The third kappa shape index (κ3) is 3.24. The van der Waals surface area contributed by atoms with E-state index in [-0.39, 0.29) is 23.4 Å². The molecule has 0 aromatic heterocycles. The molecular formula is C24H22O5. The zero-order valence-corrected chi connectivity index (χ0v) is 16.1. The van der Waals surface area contributed by atoms with E-state index in [9.17, 15) is 4.79 Å². The first kappa shape index (κ1) is 17.2. The molecule has 2 fully saturated rings. The molecule has 4 aliphatic rings. The minimum atomic E-state index is -0.237. The molecule has 29 heavy (non-hydrogen) atoms. The highest BCUT2D eigenvalue weighted by Gasteiger charge is 2.37. The molecule has 2 aromatic carbocycles. The van der Waals surface area contributed by atoms with Gasteiger partial charge in [-0.05, 0) is 47.9 Å². The van der Waals surface area contributed by atoms with Crippen LogP contribution in [0.2, 0.25) is 0 Å². The average Bonchev–Trinajstić information content (AvgIpc) is 3.64. The Hall–Kier alpha value is -2.63. The Balaban J connectivity index is 1.46. The summed E-state index contributed by atoms with van der Waals surface area (Å²) >= 11 is 0. The second-order valence-electron chi connectivity index (χ2n) is 8.37. The van der Waals surface area contributed by atoms with Crippen molar-refractivity contribution in [1.82, 2.24) is 0 Å². The minimum absolute atomic E-state index is 0.0393. The lowest BCUT2D eigenvalue weighted by Gasteiger charge is -2.36. The second kappa shape index (κ2) is 6.44. The number of hydrogen-bond acceptors (Lipinski definition) is 5. The molecule has 0 N–H and O–H groups in total. The van der Waals surface area contributed by atoms with Crippen molar-refractivity contribution in [1.29, 1.82) is 0 Å². The quantitative estimate of drug-likeness (QED) is 0.709. The lowest BCUT2D eigenvalue weighted by molar-refractivity contribution is -0.110. The van der Waals surface area contributed by atoms with Crippen LogP contribution in [0.4, 0.5) is 0 Å². The van der Waals surface area contributed by atoms with Gasteiger partial charge in [-0.25, -0.2) is 0 Å². The topological polar surface area (TPSA) is 60.6 Å². The van der Waals surface area contributed by atoms with Crippen molar-refractivity contribution < 1.29 is 23.7 Å². The maximum Gasteiger partial charge on any atom is 0.178 e. The fourth-order valence-corrected chi connectivity index (χ4v) is 4.41.